The van der Waals surface area contributed by atoms with E-state index in [2.05, 4.69) is 21.2 Å². The molecule has 0 heterocycles. The molecule has 1 aromatic rings. The van der Waals surface area contributed by atoms with Crippen LogP contribution in [0.4, 0.5) is 10.1 Å². The first-order valence-electron chi connectivity index (χ1n) is 6.51. The van der Waals surface area contributed by atoms with Gasteiger partial charge in [-0.25, -0.2) is 4.39 Å². The highest BCUT2D eigenvalue weighted by molar-refractivity contribution is 9.10. The second-order valence-electron chi connectivity index (χ2n) is 5.09. The lowest BCUT2D eigenvalue weighted by molar-refractivity contribution is 0.0380. The fourth-order valence-corrected chi connectivity index (χ4v) is 2.97. The molecule has 0 aliphatic heterocycles. The van der Waals surface area contributed by atoms with Crippen molar-refractivity contribution in [3.05, 3.63) is 28.5 Å². The van der Waals surface area contributed by atoms with Gasteiger partial charge in [-0.2, -0.15) is 0 Å². The lowest BCUT2D eigenvalue weighted by atomic mass is 9.94. The first kappa shape index (κ1) is 13.8. The standard InChI is InChI=1S/C14H19BrFNO/c15-11-6-5-7-12(16)13(11)17-10-14(18)8-3-1-2-4-9-14/h5-7,17-18H,1-4,8-10H2. The summed E-state index contributed by atoms with van der Waals surface area (Å²) < 4.78 is 14.3. The van der Waals surface area contributed by atoms with E-state index in [1.54, 1.807) is 12.1 Å². The van der Waals surface area contributed by atoms with Crippen LogP contribution >= 0.6 is 15.9 Å². The number of rotatable bonds is 3. The zero-order valence-corrected chi connectivity index (χ0v) is 12.0. The first-order chi connectivity index (χ1) is 8.61. The molecule has 18 heavy (non-hydrogen) atoms. The van der Waals surface area contributed by atoms with Crippen molar-refractivity contribution in [2.75, 3.05) is 11.9 Å². The number of aliphatic hydroxyl groups is 1. The van der Waals surface area contributed by atoms with Crippen LogP contribution in [0.15, 0.2) is 22.7 Å². The van der Waals surface area contributed by atoms with Gasteiger partial charge in [0.2, 0.25) is 0 Å². The molecule has 2 rings (SSSR count). The van der Waals surface area contributed by atoms with E-state index in [1.807, 2.05) is 0 Å². The lowest BCUT2D eigenvalue weighted by Crippen LogP contribution is -2.36. The molecule has 0 atom stereocenters. The summed E-state index contributed by atoms with van der Waals surface area (Å²) >= 11 is 3.32. The maximum atomic E-state index is 13.6. The molecule has 0 aromatic heterocycles. The van der Waals surface area contributed by atoms with Crippen molar-refractivity contribution >= 4 is 21.6 Å². The van der Waals surface area contributed by atoms with Crippen LogP contribution in [0.1, 0.15) is 38.5 Å². The van der Waals surface area contributed by atoms with E-state index in [0.29, 0.717) is 16.7 Å². The van der Waals surface area contributed by atoms with Crippen molar-refractivity contribution in [2.24, 2.45) is 0 Å². The van der Waals surface area contributed by atoms with Gasteiger partial charge in [0.25, 0.3) is 0 Å². The van der Waals surface area contributed by atoms with Crippen molar-refractivity contribution in [3.63, 3.8) is 0 Å². The van der Waals surface area contributed by atoms with E-state index in [-0.39, 0.29) is 5.82 Å². The summed E-state index contributed by atoms with van der Waals surface area (Å²) in [6.07, 6.45) is 6.07. The van der Waals surface area contributed by atoms with Gasteiger partial charge in [-0.05, 0) is 40.9 Å². The van der Waals surface area contributed by atoms with Gasteiger partial charge < -0.3 is 10.4 Å². The minimum Gasteiger partial charge on any atom is -0.388 e. The Kier molecular flexibility index (Phi) is 4.62. The topological polar surface area (TPSA) is 32.3 Å². The summed E-state index contributed by atoms with van der Waals surface area (Å²) in [7, 11) is 0. The fraction of sp³-hybridized carbons (Fsp3) is 0.571. The summed E-state index contributed by atoms with van der Waals surface area (Å²) in [6.45, 7) is 0.409. The molecular weight excluding hydrogens is 297 g/mol. The average molecular weight is 316 g/mol. The summed E-state index contributed by atoms with van der Waals surface area (Å²) in [4.78, 5) is 0. The SMILES string of the molecule is OC1(CNc2c(F)cccc2Br)CCCCCC1. The third-order valence-corrected chi connectivity index (χ3v) is 4.25. The van der Waals surface area contributed by atoms with Crippen LogP contribution < -0.4 is 5.32 Å². The quantitative estimate of drug-likeness (QED) is 0.824. The lowest BCUT2D eigenvalue weighted by Gasteiger charge is -2.27. The van der Waals surface area contributed by atoms with Crippen molar-refractivity contribution in [1.29, 1.82) is 0 Å². The Morgan fingerprint density at radius 2 is 1.89 bits per heavy atom. The molecule has 100 valence electrons. The number of hydrogen-bond acceptors (Lipinski definition) is 2. The van der Waals surface area contributed by atoms with Crippen LogP contribution in [0, 0.1) is 5.82 Å². The number of nitrogens with one attached hydrogen (secondary N) is 1. The normalized spacial score (nSPS) is 19.3. The van der Waals surface area contributed by atoms with Gasteiger partial charge in [0.15, 0.2) is 0 Å². The van der Waals surface area contributed by atoms with Crippen molar-refractivity contribution in [2.45, 2.75) is 44.1 Å². The molecule has 4 heteroatoms. The van der Waals surface area contributed by atoms with Crippen LogP contribution in [-0.2, 0) is 0 Å². The summed E-state index contributed by atoms with van der Waals surface area (Å²) in [6, 6.07) is 4.87. The fourth-order valence-electron chi connectivity index (χ4n) is 2.48. The van der Waals surface area contributed by atoms with Gasteiger partial charge in [-0.15, -0.1) is 0 Å². The Morgan fingerprint density at radius 1 is 1.22 bits per heavy atom. The minimum atomic E-state index is -0.696. The second-order valence-corrected chi connectivity index (χ2v) is 5.94. The van der Waals surface area contributed by atoms with Crippen LogP contribution in [-0.4, -0.2) is 17.3 Å². The Bertz CT molecular complexity index is 383. The van der Waals surface area contributed by atoms with Gasteiger partial charge >= 0.3 is 0 Å². The van der Waals surface area contributed by atoms with Gasteiger partial charge in [-0.1, -0.05) is 31.7 Å². The Morgan fingerprint density at radius 3 is 2.50 bits per heavy atom. The van der Waals surface area contributed by atoms with E-state index in [9.17, 15) is 9.50 Å². The molecule has 0 bridgehead atoms. The highest BCUT2D eigenvalue weighted by Crippen LogP contribution is 2.30. The predicted molar refractivity (Wildman–Crippen MR) is 75.2 cm³/mol. The van der Waals surface area contributed by atoms with Gasteiger partial charge in [-0.3, -0.25) is 0 Å². The smallest absolute Gasteiger partial charge is 0.147 e. The van der Waals surface area contributed by atoms with Crippen molar-refractivity contribution in [1.82, 2.24) is 0 Å². The van der Waals surface area contributed by atoms with Crippen molar-refractivity contribution in [3.8, 4) is 0 Å². The molecule has 2 nitrogen and oxygen atoms in total. The Balaban J connectivity index is 2.02. The Hall–Kier alpha value is -0.610. The van der Waals surface area contributed by atoms with Crippen LogP contribution in [0.25, 0.3) is 0 Å². The average Bonchev–Trinajstić information content (AvgIpc) is 2.54. The third-order valence-electron chi connectivity index (χ3n) is 3.59. The molecule has 1 aromatic carbocycles. The molecule has 0 saturated heterocycles. The molecule has 0 radical (unpaired) electrons. The maximum absolute atomic E-state index is 13.6. The van der Waals surface area contributed by atoms with Gasteiger partial charge in [0.05, 0.1) is 11.3 Å². The second kappa shape index (κ2) is 6.02. The zero-order valence-electron chi connectivity index (χ0n) is 10.4. The monoisotopic (exact) mass is 315 g/mol. The molecule has 1 aliphatic carbocycles. The highest BCUT2D eigenvalue weighted by Gasteiger charge is 2.28. The minimum absolute atomic E-state index is 0.290. The van der Waals surface area contributed by atoms with Gasteiger partial charge in [0.1, 0.15) is 5.82 Å². The molecule has 1 saturated carbocycles. The molecule has 0 unspecified atom stereocenters. The summed E-state index contributed by atoms with van der Waals surface area (Å²) in [5, 5.41) is 13.5. The van der Waals surface area contributed by atoms with Crippen LogP contribution in [0.2, 0.25) is 0 Å². The molecular formula is C14H19BrFNO. The van der Waals surface area contributed by atoms with E-state index in [1.165, 1.54) is 18.9 Å². The Labute approximate surface area is 116 Å². The van der Waals surface area contributed by atoms with Crippen LogP contribution in [0.3, 0.4) is 0 Å². The molecule has 1 fully saturated rings. The van der Waals surface area contributed by atoms with E-state index in [4.69, 9.17) is 0 Å². The zero-order chi connectivity index (χ0) is 13.0. The number of benzene rings is 1. The molecule has 1 aliphatic rings. The molecule has 2 N–H and O–H groups in total. The van der Waals surface area contributed by atoms with E-state index >= 15 is 0 Å². The van der Waals surface area contributed by atoms with E-state index < -0.39 is 5.60 Å². The highest BCUT2D eigenvalue weighted by atomic mass is 79.9. The number of para-hydroxylation sites is 1. The third kappa shape index (κ3) is 3.45. The summed E-state index contributed by atoms with van der Waals surface area (Å²) in [5.41, 5.74) is -0.256. The molecule has 0 amide bonds. The van der Waals surface area contributed by atoms with Crippen LogP contribution in [0.5, 0.6) is 0 Å². The number of halogens is 2. The molecule has 0 spiro atoms. The number of hydrogen-bond donors (Lipinski definition) is 2. The van der Waals surface area contributed by atoms with E-state index in [0.717, 1.165) is 25.7 Å². The maximum Gasteiger partial charge on any atom is 0.147 e. The van der Waals surface area contributed by atoms with Crippen molar-refractivity contribution < 1.29 is 9.50 Å². The first-order valence-corrected chi connectivity index (χ1v) is 7.30. The largest absolute Gasteiger partial charge is 0.388 e. The van der Waals surface area contributed by atoms with Gasteiger partial charge in [0, 0.05) is 11.0 Å². The number of anilines is 1. The summed E-state index contributed by atoms with van der Waals surface area (Å²) in [5.74, 6) is -0.290. The predicted octanol–water partition coefficient (Wildman–Crippen LogP) is 4.09.